The predicted molar refractivity (Wildman–Crippen MR) is 100 cm³/mol. The average molecular weight is 342 g/mol. The van der Waals surface area contributed by atoms with E-state index in [1.54, 1.807) is 11.8 Å². The van der Waals surface area contributed by atoms with Gasteiger partial charge in [-0.15, -0.1) is 11.8 Å². The third kappa shape index (κ3) is 5.22. The van der Waals surface area contributed by atoms with Crippen LogP contribution in [-0.2, 0) is 11.2 Å². The van der Waals surface area contributed by atoms with Gasteiger partial charge in [0.05, 0.1) is 0 Å². The molecule has 1 fully saturated rings. The normalized spacial score (nSPS) is 16.1. The Labute approximate surface area is 146 Å². The third-order valence-electron chi connectivity index (χ3n) is 3.72. The SMILES string of the molecule is CCc1ccc(-c2ccc(C=O)cc2)cc1.NC(=O)C1NCCS1. The van der Waals surface area contributed by atoms with Crippen molar-refractivity contribution in [1.29, 1.82) is 0 Å². The Kier molecular flexibility index (Phi) is 7.03. The molecule has 1 heterocycles. The first-order chi connectivity index (χ1) is 11.6. The second-order valence-electron chi connectivity index (χ2n) is 5.40. The topological polar surface area (TPSA) is 72.2 Å². The number of hydrogen-bond donors (Lipinski definition) is 2. The van der Waals surface area contributed by atoms with E-state index in [9.17, 15) is 9.59 Å². The maximum absolute atomic E-state index is 10.5. The van der Waals surface area contributed by atoms with Gasteiger partial charge in [0.25, 0.3) is 0 Å². The van der Waals surface area contributed by atoms with Gasteiger partial charge >= 0.3 is 0 Å². The van der Waals surface area contributed by atoms with E-state index < -0.39 is 0 Å². The van der Waals surface area contributed by atoms with Gasteiger partial charge in [0, 0.05) is 17.9 Å². The Morgan fingerprint density at radius 1 is 1.17 bits per heavy atom. The summed E-state index contributed by atoms with van der Waals surface area (Å²) in [6.07, 6.45) is 1.92. The molecular formula is C19H22N2O2S. The summed E-state index contributed by atoms with van der Waals surface area (Å²) >= 11 is 1.56. The zero-order valence-electron chi connectivity index (χ0n) is 13.7. The van der Waals surface area contributed by atoms with Crippen molar-refractivity contribution < 1.29 is 9.59 Å². The lowest BCUT2D eigenvalue weighted by Gasteiger charge is -2.03. The number of carbonyl (C=O) groups is 2. The lowest BCUT2D eigenvalue weighted by molar-refractivity contribution is -0.117. The van der Waals surface area contributed by atoms with Crippen molar-refractivity contribution >= 4 is 24.0 Å². The van der Waals surface area contributed by atoms with Gasteiger partial charge in [-0.25, -0.2) is 0 Å². The zero-order chi connectivity index (χ0) is 17.4. The molecule has 1 unspecified atom stereocenters. The van der Waals surface area contributed by atoms with Crippen LogP contribution in [0.15, 0.2) is 48.5 Å². The van der Waals surface area contributed by atoms with E-state index >= 15 is 0 Å². The molecular weight excluding hydrogens is 320 g/mol. The summed E-state index contributed by atoms with van der Waals surface area (Å²) in [4.78, 5) is 20.9. The van der Waals surface area contributed by atoms with E-state index in [1.807, 2.05) is 24.3 Å². The largest absolute Gasteiger partial charge is 0.368 e. The average Bonchev–Trinajstić information content (AvgIpc) is 3.18. The molecule has 1 aliphatic heterocycles. The van der Waals surface area contributed by atoms with Crippen molar-refractivity contribution in [3.63, 3.8) is 0 Å². The summed E-state index contributed by atoms with van der Waals surface area (Å²) in [5.41, 5.74) is 9.37. The number of hydrogen-bond acceptors (Lipinski definition) is 4. The molecule has 0 aromatic heterocycles. The summed E-state index contributed by atoms with van der Waals surface area (Å²) in [6, 6.07) is 16.2. The lowest BCUT2D eigenvalue weighted by Crippen LogP contribution is -2.34. The molecule has 0 saturated carbocycles. The van der Waals surface area contributed by atoms with Crippen LogP contribution in [0.1, 0.15) is 22.8 Å². The smallest absolute Gasteiger partial charge is 0.244 e. The quantitative estimate of drug-likeness (QED) is 0.838. The van der Waals surface area contributed by atoms with E-state index in [1.165, 1.54) is 11.1 Å². The second-order valence-corrected chi connectivity index (χ2v) is 6.61. The highest BCUT2D eigenvalue weighted by atomic mass is 32.2. The molecule has 2 aromatic rings. The molecule has 3 rings (SSSR count). The van der Waals surface area contributed by atoms with Crippen LogP contribution < -0.4 is 11.1 Å². The molecule has 1 saturated heterocycles. The first-order valence-electron chi connectivity index (χ1n) is 7.93. The van der Waals surface area contributed by atoms with Crippen LogP contribution >= 0.6 is 11.8 Å². The third-order valence-corrected chi connectivity index (χ3v) is 4.89. The number of nitrogens with two attached hydrogens (primary N) is 1. The van der Waals surface area contributed by atoms with E-state index in [-0.39, 0.29) is 11.3 Å². The molecule has 24 heavy (non-hydrogen) atoms. The number of aldehydes is 1. The molecule has 5 heteroatoms. The van der Waals surface area contributed by atoms with Crippen LogP contribution in [0, 0.1) is 0 Å². The van der Waals surface area contributed by atoms with Crippen molar-refractivity contribution in [2.24, 2.45) is 5.73 Å². The first kappa shape index (κ1) is 18.2. The zero-order valence-corrected chi connectivity index (χ0v) is 14.5. The Morgan fingerprint density at radius 3 is 2.12 bits per heavy atom. The van der Waals surface area contributed by atoms with Crippen LogP contribution in [-0.4, -0.2) is 29.9 Å². The molecule has 0 aliphatic carbocycles. The van der Waals surface area contributed by atoms with Gasteiger partial charge < -0.3 is 5.73 Å². The minimum atomic E-state index is -0.257. The van der Waals surface area contributed by atoms with Gasteiger partial charge in [0.15, 0.2) is 0 Å². The van der Waals surface area contributed by atoms with Crippen LogP contribution in [0.3, 0.4) is 0 Å². The molecule has 1 amide bonds. The van der Waals surface area contributed by atoms with Crippen LogP contribution in [0.2, 0.25) is 0 Å². The molecule has 126 valence electrons. The monoisotopic (exact) mass is 342 g/mol. The highest BCUT2D eigenvalue weighted by Crippen LogP contribution is 2.20. The number of carbonyl (C=O) groups excluding carboxylic acids is 2. The second kappa shape index (κ2) is 9.25. The van der Waals surface area contributed by atoms with Gasteiger partial charge in [0.1, 0.15) is 11.7 Å². The first-order valence-corrected chi connectivity index (χ1v) is 8.97. The minimum absolute atomic E-state index is 0.130. The Morgan fingerprint density at radius 2 is 1.75 bits per heavy atom. The number of aryl methyl sites for hydroxylation is 1. The van der Waals surface area contributed by atoms with Gasteiger partial charge in [-0.3, -0.25) is 14.9 Å². The van der Waals surface area contributed by atoms with E-state index in [4.69, 9.17) is 5.73 Å². The fourth-order valence-electron chi connectivity index (χ4n) is 2.30. The van der Waals surface area contributed by atoms with E-state index in [0.29, 0.717) is 5.56 Å². The standard InChI is InChI=1S/C15H14O.C4H8N2OS/c1-2-12-3-7-14(8-4-12)15-9-5-13(11-16)6-10-15;5-3(7)4-6-1-2-8-4/h3-11H,2H2,1H3;4,6H,1-2H2,(H2,5,7). The minimum Gasteiger partial charge on any atom is -0.368 e. The summed E-state index contributed by atoms with van der Waals surface area (Å²) in [5.74, 6) is 0.737. The Balaban J connectivity index is 0.000000219. The predicted octanol–water partition coefficient (Wildman–Crippen LogP) is 2.86. The number of amides is 1. The highest BCUT2D eigenvalue weighted by molar-refractivity contribution is 8.00. The van der Waals surface area contributed by atoms with Crippen molar-refractivity contribution in [2.45, 2.75) is 18.7 Å². The summed E-state index contributed by atoms with van der Waals surface area (Å²) in [5, 5.41) is 2.81. The van der Waals surface area contributed by atoms with Gasteiger partial charge in [-0.05, 0) is 23.1 Å². The maximum atomic E-state index is 10.5. The van der Waals surface area contributed by atoms with E-state index in [0.717, 1.165) is 30.6 Å². The molecule has 1 aliphatic rings. The number of benzene rings is 2. The number of nitrogens with one attached hydrogen (secondary N) is 1. The summed E-state index contributed by atoms with van der Waals surface area (Å²) in [6.45, 7) is 3.05. The Hall–Kier alpha value is -2.11. The van der Waals surface area contributed by atoms with Crippen LogP contribution in [0.4, 0.5) is 0 Å². The number of thioether (sulfide) groups is 1. The fraction of sp³-hybridized carbons (Fsp3) is 0.263. The molecule has 0 bridgehead atoms. The van der Waals surface area contributed by atoms with Crippen molar-refractivity contribution in [1.82, 2.24) is 5.32 Å². The van der Waals surface area contributed by atoms with Crippen molar-refractivity contribution in [2.75, 3.05) is 12.3 Å². The van der Waals surface area contributed by atoms with Crippen molar-refractivity contribution in [3.8, 4) is 11.1 Å². The fourth-order valence-corrected chi connectivity index (χ4v) is 3.17. The summed E-state index contributed by atoms with van der Waals surface area (Å²) < 4.78 is 0. The molecule has 3 N–H and O–H groups in total. The summed E-state index contributed by atoms with van der Waals surface area (Å²) in [7, 11) is 0. The lowest BCUT2D eigenvalue weighted by atomic mass is 10.0. The van der Waals surface area contributed by atoms with Crippen LogP contribution in [0.25, 0.3) is 11.1 Å². The van der Waals surface area contributed by atoms with Gasteiger partial charge in [0.2, 0.25) is 5.91 Å². The molecule has 2 aromatic carbocycles. The molecule has 0 radical (unpaired) electrons. The molecule has 0 spiro atoms. The molecule has 4 nitrogen and oxygen atoms in total. The van der Waals surface area contributed by atoms with Crippen molar-refractivity contribution in [3.05, 3.63) is 59.7 Å². The highest BCUT2D eigenvalue weighted by Gasteiger charge is 2.18. The maximum Gasteiger partial charge on any atom is 0.244 e. The van der Waals surface area contributed by atoms with Gasteiger partial charge in [-0.1, -0.05) is 55.5 Å². The molecule has 1 atom stereocenters. The van der Waals surface area contributed by atoms with E-state index in [2.05, 4.69) is 36.5 Å². The number of primary amides is 1. The Bertz CT molecular complexity index is 663. The van der Waals surface area contributed by atoms with Crippen LogP contribution in [0.5, 0.6) is 0 Å². The number of rotatable bonds is 4. The van der Waals surface area contributed by atoms with Gasteiger partial charge in [-0.2, -0.15) is 0 Å².